The molecule has 3 rings (SSSR count). The van der Waals surface area contributed by atoms with E-state index in [1.807, 2.05) is 29.6 Å². The molecule has 122 valence electrons. The van der Waals surface area contributed by atoms with Gasteiger partial charge in [-0.1, -0.05) is 18.2 Å². The van der Waals surface area contributed by atoms with Crippen LogP contribution >= 0.6 is 11.3 Å². The number of phenolic OH excluding ortho intramolecular Hbond substituents is 1. The maximum absolute atomic E-state index is 11.9. The number of para-hydroxylation sites is 1. The number of nitrogens with zero attached hydrogens (tertiary/aromatic N) is 2. The van der Waals surface area contributed by atoms with E-state index in [1.165, 1.54) is 11.3 Å². The highest BCUT2D eigenvalue weighted by Crippen LogP contribution is 2.24. The van der Waals surface area contributed by atoms with Crippen molar-refractivity contribution in [3.05, 3.63) is 59.7 Å². The zero-order chi connectivity index (χ0) is 16.8. The van der Waals surface area contributed by atoms with Crippen molar-refractivity contribution in [1.29, 1.82) is 0 Å². The van der Waals surface area contributed by atoms with Gasteiger partial charge < -0.3 is 10.4 Å². The summed E-state index contributed by atoms with van der Waals surface area (Å²) in [5, 5.41) is 17.6. The molecule has 2 aromatic heterocycles. The minimum Gasteiger partial charge on any atom is -0.508 e. The molecule has 0 unspecified atom stereocenters. The van der Waals surface area contributed by atoms with Gasteiger partial charge in [-0.05, 0) is 30.2 Å². The average molecular weight is 340 g/mol. The summed E-state index contributed by atoms with van der Waals surface area (Å²) in [6, 6.07) is 10.5. The molecule has 0 aliphatic rings. The number of rotatable bonds is 5. The highest BCUT2D eigenvalue weighted by atomic mass is 32.1. The normalized spacial score (nSPS) is 10.3. The Balaban J connectivity index is 1.51. The minimum absolute atomic E-state index is 0.238. The van der Waals surface area contributed by atoms with E-state index in [9.17, 15) is 9.90 Å². The number of thiazole rings is 1. The van der Waals surface area contributed by atoms with E-state index in [-0.39, 0.29) is 11.8 Å². The van der Waals surface area contributed by atoms with Gasteiger partial charge in [0, 0.05) is 29.9 Å². The molecule has 0 spiro atoms. The number of pyridine rings is 1. The largest absolute Gasteiger partial charge is 0.508 e. The van der Waals surface area contributed by atoms with Crippen molar-refractivity contribution in [1.82, 2.24) is 15.3 Å². The van der Waals surface area contributed by atoms with E-state index in [1.54, 1.807) is 24.5 Å². The highest BCUT2D eigenvalue weighted by molar-refractivity contribution is 7.14. The van der Waals surface area contributed by atoms with Gasteiger partial charge >= 0.3 is 6.03 Å². The molecule has 3 N–H and O–H groups in total. The maximum Gasteiger partial charge on any atom is 0.321 e. The standard InChI is InChI=1S/C17H16N4O2S/c22-15-4-2-1-3-13(15)7-10-19-16(23)21-17-20-14(11-24-17)12-5-8-18-9-6-12/h1-6,8-9,11,22H,7,10H2,(H2,19,20,21,23). The highest BCUT2D eigenvalue weighted by Gasteiger charge is 2.08. The molecule has 0 fully saturated rings. The van der Waals surface area contributed by atoms with Crippen LogP contribution in [-0.2, 0) is 6.42 Å². The second-order valence-corrected chi connectivity index (χ2v) is 5.89. The summed E-state index contributed by atoms with van der Waals surface area (Å²) in [6.07, 6.45) is 3.96. The Morgan fingerprint density at radius 3 is 2.75 bits per heavy atom. The Morgan fingerprint density at radius 1 is 1.17 bits per heavy atom. The molecule has 6 nitrogen and oxygen atoms in total. The molecule has 0 radical (unpaired) electrons. The lowest BCUT2D eigenvalue weighted by atomic mass is 10.1. The van der Waals surface area contributed by atoms with Crippen LogP contribution in [0.5, 0.6) is 5.75 Å². The third-order valence-electron chi connectivity index (χ3n) is 3.37. The number of nitrogens with one attached hydrogen (secondary N) is 2. The quantitative estimate of drug-likeness (QED) is 0.665. The summed E-state index contributed by atoms with van der Waals surface area (Å²) in [4.78, 5) is 20.3. The predicted molar refractivity (Wildman–Crippen MR) is 94.2 cm³/mol. The summed E-state index contributed by atoms with van der Waals surface area (Å²) in [5.41, 5.74) is 2.55. The first kappa shape index (κ1) is 15.9. The number of carbonyl (C=O) groups excluding carboxylic acids is 1. The Bertz CT molecular complexity index is 820. The Labute approximate surface area is 143 Å². The zero-order valence-corrected chi connectivity index (χ0v) is 13.6. The number of phenols is 1. The number of amides is 2. The van der Waals surface area contributed by atoms with E-state index in [4.69, 9.17) is 0 Å². The molecule has 1 aromatic carbocycles. The molecular formula is C17H16N4O2S. The molecule has 24 heavy (non-hydrogen) atoms. The second kappa shape index (κ2) is 7.56. The van der Waals surface area contributed by atoms with Gasteiger partial charge in [-0.3, -0.25) is 10.3 Å². The second-order valence-electron chi connectivity index (χ2n) is 5.03. The molecule has 2 amide bonds. The maximum atomic E-state index is 11.9. The molecule has 0 saturated heterocycles. The molecule has 0 aliphatic heterocycles. The Morgan fingerprint density at radius 2 is 1.96 bits per heavy atom. The van der Waals surface area contributed by atoms with Gasteiger partial charge in [0.1, 0.15) is 5.75 Å². The summed E-state index contributed by atoms with van der Waals surface area (Å²) in [5.74, 6) is 0.238. The number of urea groups is 1. The molecular weight excluding hydrogens is 324 g/mol. The van der Waals surface area contributed by atoms with Crippen molar-refractivity contribution in [2.24, 2.45) is 0 Å². The lowest BCUT2D eigenvalue weighted by Gasteiger charge is -2.06. The molecule has 2 heterocycles. The van der Waals surface area contributed by atoms with Gasteiger partial charge in [-0.2, -0.15) is 0 Å². The van der Waals surface area contributed by atoms with Crippen LogP contribution in [0.1, 0.15) is 5.56 Å². The third kappa shape index (κ3) is 4.08. The van der Waals surface area contributed by atoms with Crippen LogP contribution in [0, 0.1) is 0 Å². The lowest BCUT2D eigenvalue weighted by molar-refractivity contribution is 0.252. The van der Waals surface area contributed by atoms with E-state index in [2.05, 4.69) is 20.6 Å². The molecule has 0 saturated carbocycles. The number of anilines is 1. The smallest absolute Gasteiger partial charge is 0.321 e. The van der Waals surface area contributed by atoms with Crippen LogP contribution in [0.25, 0.3) is 11.3 Å². The SMILES string of the molecule is O=C(NCCc1ccccc1O)Nc1nc(-c2ccncc2)cs1. The summed E-state index contributed by atoms with van der Waals surface area (Å²) in [6.45, 7) is 0.423. The summed E-state index contributed by atoms with van der Waals surface area (Å²) in [7, 11) is 0. The van der Waals surface area contributed by atoms with Crippen molar-refractivity contribution < 1.29 is 9.90 Å². The fourth-order valence-corrected chi connectivity index (χ4v) is 2.88. The van der Waals surface area contributed by atoms with Crippen molar-refractivity contribution in [2.75, 3.05) is 11.9 Å². The average Bonchev–Trinajstić information content (AvgIpc) is 3.06. The summed E-state index contributed by atoms with van der Waals surface area (Å²) < 4.78 is 0. The van der Waals surface area contributed by atoms with Gasteiger partial charge in [0.2, 0.25) is 0 Å². The van der Waals surface area contributed by atoms with Crippen LogP contribution in [-0.4, -0.2) is 27.7 Å². The Hall–Kier alpha value is -2.93. The monoisotopic (exact) mass is 340 g/mol. The third-order valence-corrected chi connectivity index (χ3v) is 4.13. The van der Waals surface area contributed by atoms with E-state index < -0.39 is 0 Å². The van der Waals surface area contributed by atoms with Crippen molar-refractivity contribution in [3.8, 4) is 17.0 Å². The van der Waals surface area contributed by atoms with Crippen molar-refractivity contribution in [3.63, 3.8) is 0 Å². The number of aromatic nitrogens is 2. The van der Waals surface area contributed by atoms with Gasteiger partial charge in [-0.15, -0.1) is 11.3 Å². The first-order valence-corrected chi connectivity index (χ1v) is 8.28. The van der Waals surface area contributed by atoms with E-state index in [0.29, 0.717) is 18.1 Å². The minimum atomic E-state index is -0.318. The first-order valence-electron chi connectivity index (χ1n) is 7.40. The number of hydrogen-bond acceptors (Lipinski definition) is 5. The Kier molecular flexibility index (Phi) is 5.02. The van der Waals surface area contributed by atoms with Crippen molar-refractivity contribution >= 4 is 22.5 Å². The van der Waals surface area contributed by atoms with E-state index >= 15 is 0 Å². The number of aromatic hydroxyl groups is 1. The number of benzene rings is 1. The fourth-order valence-electron chi connectivity index (χ4n) is 2.16. The van der Waals surface area contributed by atoms with Gasteiger partial charge in [0.15, 0.2) is 5.13 Å². The first-order chi connectivity index (χ1) is 11.7. The summed E-state index contributed by atoms with van der Waals surface area (Å²) >= 11 is 1.36. The molecule has 0 aliphatic carbocycles. The zero-order valence-electron chi connectivity index (χ0n) is 12.8. The van der Waals surface area contributed by atoms with Gasteiger partial charge in [0.25, 0.3) is 0 Å². The molecule has 0 bridgehead atoms. The van der Waals surface area contributed by atoms with Crippen LogP contribution in [0.3, 0.4) is 0 Å². The number of hydrogen-bond donors (Lipinski definition) is 3. The van der Waals surface area contributed by atoms with Crippen LogP contribution < -0.4 is 10.6 Å². The molecule has 7 heteroatoms. The topological polar surface area (TPSA) is 87.1 Å². The van der Waals surface area contributed by atoms with Crippen LogP contribution in [0.15, 0.2) is 54.2 Å². The molecule has 0 atom stereocenters. The van der Waals surface area contributed by atoms with Crippen molar-refractivity contribution in [2.45, 2.75) is 6.42 Å². The van der Waals surface area contributed by atoms with Gasteiger partial charge in [-0.25, -0.2) is 9.78 Å². The fraction of sp³-hybridized carbons (Fsp3) is 0.118. The predicted octanol–water partition coefficient (Wildman–Crippen LogP) is 3.27. The lowest BCUT2D eigenvalue weighted by Crippen LogP contribution is -2.30. The number of carbonyl (C=O) groups is 1. The van der Waals surface area contributed by atoms with Gasteiger partial charge in [0.05, 0.1) is 5.69 Å². The van der Waals surface area contributed by atoms with E-state index in [0.717, 1.165) is 16.8 Å². The van der Waals surface area contributed by atoms with Crippen LogP contribution in [0.2, 0.25) is 0 Å². The molecule has 3 aromatic rings. The van der Waals surface area contributed by atoms with Crippen LogP contribution in [0.4, 0.5) is 9.93 Å².